The maximum absolute atomic E-state index is 12.9. The minimum atomic E-state index is -4.47. The zero-order chi connectivity index (χ0) is 17.7. The first-order valence-electron chi connectivity index (χ1n) is 8.53. The highest BCUT2D eigenvalue weighted by molar-refractivity contribution is 5.78. The van der Waals surface area contributed by atoms with Crippen LogP contribution >= 0.6 is 0 Å². The average molecular weight is 342 g/mol. The molecule has 3 rings (SSSR count). The van der Waals surface area contributed by atoms with Crippen molar-refractivity contribution in [1.82, 2.24) is 4.98 Å². The van der Waals surface area contributed by atoms with E-state index >= 15 is 0 Å². The molecule has 0 aliphatic heterocycles. The fraction of sp³-hybridized carbons (Fsp3) is 0.611. The van der Waals surface area contributed by atoms with Crippen LogP contribution in [-0.4, -0.2) is 4.98 Å². The molecule has 2 aromatic rings. The molecule has 0 bridgehead atoms. The van der Waals surface area contributed by atoms with E-state index < -0.39 is 11.7 Å². The fourth-order valence-corrected chi connectivity index (χ4v) is 2.74. The Kier molecular flexibility index (Phi) is 6.27. The number of halogens is 3. The number of oxazole rings is 1. The highest BCUT2D eigenvalue weighted by Crippen LogP contribution is 2.36. The third-order valence-electron chi connectivity index (χ3n) is 4.10. The second-order valence-corrected chi connectivity index (χ2v) is 6.52. The van der Waals surface area contributed by atoms with E-state index in [0.29, 0.717) is 11.5 Å². The van der Waals surface area contributed by atoms with Gasteiger partial charge in [0.25, 0.3) is 0 Å². The highest BCUT2D eigenvalue weighted by Gasteiger charge is 2.35. The third-order valence-corrected chi connectivity index (χ3v) is 4.10. The van der Waals surface area contributed by atoms with Crippen LogP contribution in [0.2, 0.25) is 0 Å². The second-order valence-electron chi connectivity index (χ2n) is 6.52. The molecule has 1 aromatic carbocycles. The molecule has 3 nitrogen and oxygen atoms in total. The molecule has 2 N–H and O–H groups in total. The predicted octanol–water partition coefficient (Wildman–Crippen LogP) is 5.77. The van der Waals surface area contributed by atoms with Crippen LogP contribution in [0.5, 0.6) is 0 Å². The van der Waals surface area contributed by atoms with E-state index in [0.717, 1.165) is 6.07 Å². The zero-order valence-electron chi connectivity index (χ0n) is 14.2. The molecule has 0 spiro atoms. The normalized spacial score (nSPS) is 15.5. The van der Waals surface area contributed by atoms with Gasteiger partial charge >= 0.3 is 6.18 Å². The van der Waals surface area contributed by atoms with Crippen molar-refractivity contribution in [2.75, 3.05) is 0 Å². The minimum Gasteiger partial charge on any atom is -0.440 e. The van der Waals surface area contributed by atoms with Crippen LogP contribution in [-0.2, 0) is 12.7 Å². The first-order chi connectivity index (χ1) is 11.3. The van der Waals surface area contributed by atoms with Gasteiger partial charge in [0.2, 0.25) is 0 Å². The summed E-state index contributed by atoms with van der Waals surface area (Å²) in [5.41, 5.74) is 4.95. The molecule has 24 heavy (non-hydrogen) atoms. The topological polar surface area (TPSA) is 52.0 Å². The van der Waals surface area contributed by atoms with Gasteiger partial charge in [-0.2, -0.15) is 13.2 Å². The Morgan fingerprint density at radius 2 is 1.62 bits per heavy atom. The van der Waals surface area contributed by atoms with E-state index in [1.165, 1.54) is 44.6 Å². The number of nitrogens with two attached hydrogens (primary N) is 1. The Balaban J connectivity index is 0.000000292. The van der Waals surface area contributed by atoms with Crippen molar-refractivity contribution in [2.45, 2.75) is 71.0 Å². The molecule has 0 saturated heterocycles. The number of hydrogen-bond donors (Lipinski definition) is 1. The molecule has 0 atom stereocenters. The lowest BCUT2D eigenvalue weighted by atomic mass is 10.0. The van der Waals surface area contributed by atoms with Crippen molar-refractivity contribution in [1.29, 1.82) is 0 Å². The van der Waals surface area contributed by atoms with Gasteiger partial charge in [0, 0.05) is 12.5 Å². The van der Waals surface area contributed by atoms with Crippen molar-refractivity contribution < 1.29 is 17.6 Å². The molecule has 1 aliphatic rings. The Hall–Kier alpha value is -1.56. The molecule has 0 unspecified atom stereocenters. The first kappa shape index (κ1) is 18.8. The lowest BCUT2D eigenvalue weighted by Gasteiger charge is -2.08. The molecule has 0 amide bonds. The summed E-state index contributed by atoms with van der Waals surface area (Å²) < 4.78 is 44.0. The van der Waals surface area contributed by atoms with Gasteiger partial charge in [-0.3, -0.25) is 0 Å². The predicted molar refractivity (Wildman–Crippen MR) is 88.7 cm³/mol. The van der Waals surface area contributed by atoms with E-state index in [2.05, 4.69) is 4.98 Å². The van der Waals surface area contributed by atoms with Gasteiger partial charge < -0.3 is 10.2 Å². The third kappa shape index (κ3) is 4.72. The number of rotatable bonds is 2. The maximum Gasteiger partial charge on any atom is 0.420 e. The Morgan fingerprint density at radius 1 is 1.08 bits per heavy atom. The second kappa shape index (κ2) is 8.01. The summed E-state index contributed by atoms with van der Waals surface area (Å²) in [7, 11) is 0. The van der Waals surface area contributed by atoms with Crippen LogP contribution < -0.4 is 5.73 Å². The van der Waals surface area contributed by atoms with Gasteiger partial charge in [-0.05, 0) is 17.7 Å². The molecule has 134 valence electrons. The van der Waals surface area contributed by atoms with E-state index in [-0.39, 0.29) is 23.6 Å². The fourth-order valence-electron chi connectivity index (χ4n) is 2.74. The smallest absolute Gasteiger partial charge is 0.420 e. The van der Waals surface area contributed by atoms with Gasteiger partial charge in [0.15, 0.2) is 11.5 Å². The quantitative estimate of drug-likeness (QED) is 0.754. The Labute approximate surface area is 140 Å². The number of hydrogen-bond acceptors (Lipinski definition) is 3. The van der Waals surface area contributed by atoms with Gasteiger partial charge in [-0.25, -0.2) is 4.98 Å². The molecule has 0 radical (unpaired) electrons. The molecule has 1 saturated carbocycles. The summed E-state index contributed by atoms with van der Waals surface area (Å²) in [4.78, 5) is 4.07. The van der Waals surface area contributed by atoms with E-state index in [4.69, 9.17) is 10.2 Å². The van der Waals surface area contributed by atoms with Crippen LogP contribution in [0.4, 0.5) is 13.2 Å². The molecular weight excluding hydrogens is 317 g/mol. The average Bonchev–Trinajstić information content (AvgIpc) is 2.99. The monoisotopic (exact) mass is 342 g/mol. The Bertz CT molecular complexity index is 647. The maximum atomic E-state index is 12.9. The zero-order valence-corrected chi connectivity index (χ0v) is 14.2. The number of nitrogens with zero attached hydrogens (tertiary/aromatic N) is 1. The molecule has 6 heteroatoms. The van der Waals surface area contributed by atoms with Crippen LogP contribution in [0.15, 0.2) is 16.5 Å². The Morgan fingerprint density at radius 3 is 2.04 bits per heavy atom. The lowest BCUT2D eigenvalue weighted by Crippen LogP contribution is -2.07. The van der Waals surface area contributed by atoms with Crippen LogP contribution in [0.1, 0.15) is 75.3 Å². The summed E-state index contributed by atoms with van der Waals surface area (Å²) in [6.07, 6.45) is 4.53. The summed E-state index contributed by atoms with van der Waals surface area (Å²) in [5, 5.41) is 0. The van der Waals surface area contributed by atoms with Crippen molar-refractivity contribution in [3.8, 4) is 0 Å². The number of alkyl halides is 3. The molecule has 1 aliphatic carbocycles. The summed E-state index contributed by atoms with van der Waals surface area (Å²) in [6.45, 7) is 3.65. The molecule has 1 aromatic heterocycles. The van der Waals surface area contributed by atoms with Crippen LogP contribution in [0, 0.1) is 0 Å². The SMILES string of the molecule is C1CCCCC1.CC(C)c1nc2cc(CN)cc(C(F)(F)F)c2o1. The minimum absolute atomic E-state index is 0.0306. The van der Waals surface area contributed by atoms with Crippen LogP contribution in [0.25, 0.3) is 11.1 Å². The summed E-state index contributed by atoms with van der Waals surface area (Å²) in [5.74, 6) is 0.226. The van der Waals surface area contributed by atoms with Crippen molar-refractivity contribution in [3.05, 3.63) is 29.2 Å². The van der Waals surface area contributed by atoms with Gasteiger partial charge in [0.05, 0.1) is 0 Å². The van der Waals surface area contributed by atoms with E-state index in [1.807, 2.05) is 13.8 Å². The molecule has 1 heterocycles. The van der Waals surface area contributed by atoms with E-state index in [1.54, 1.807) is 0 Å². The molecule has 1 fully saturated rings. The van der Waals surface area contributed by atoms with E-state index in [9.17, 15) is 13.2 Å². The molecular formula is C18H25F3N2O. The van der Waals surface area contributed by atoms with Crippen LogP contribution in [0.3, 0.4) is 0 Å². The highest BCUT2D eigenvalue weighted by atomic mass is 19.4. The number of fused-ring (bicyclic) bond motifs is 1. The lowest BCUT2D eigenvalue weighted by molar-refractivity contribution is -0.136. The van der Waals surface area contributed by atoms with Crippen molar-refractivity contribution in [3.63, 3.8) is 0 Å². The summed E-state index contributed by atoms with van der Waals surface area (Å²) in [6, 6.07) is 2.54. The number of benzene rings is 1. The van der Waals surface area contributed by atoms with Gasteiger partial charge in [0.1, 0.15) is 11.1 Å². The van der Waals surface area contributed by atoms with Gasteiger partial charge in [-0.15, -0.1) is 0 Å². The van der Waals surface area contributed by atoms with Gasteiger partial charge in [-0.1, -0.05) is 52.4 Å². The van der Waals surface area contributed by atoms with Crippen molar-refractivity contribution in [2.24, 2.45) is 5.73 Å². The first-order valence-corrected chi connectivity index (χ1v) is 8.53. The summed E-state index contributed by atoms with van der Waals surface area (Å²) >= 11 is 0. The standard InChI is InChI=1S/C12H13F3N2O.C6H12/c1-6(2)11-17-9-4-7(5-16)3-8(10(9)18-11)12(13,14)15;1-2-4-6-5-3-1/h3-4,6H,5,16H2,1-2H3;1-6H2. The largest absolute Gasteiger partial charge is 0.440 e. The number of aromatic nitrogens is 1. The van der Waals surface area contributed by atoms with Crippen molar-refractivity contribution >= 4 is 11.1 Å².